The number of hydrogen-bond acceptors (Lipinski definition) is 1. The molecule has 0 saturated heterocycles. The van der Waals surface area contributed by atoms with E-state index in [9.17, 15) is 0 Å². The molecule has 0 spiro atoms. The first-order chi connectivity index (χ1) is 13.5. The van der Waals surface area contributed by atoms with Gasteiger partial charge < -0.3 is 4.74 Å². The molecule has 3 rings (SSSR count). The van der Waals surface area contributed by atoms with Crippen LogP contribution in [0.2, 0.25) is 10.0 Å². The van der Waals surface area contributed by atoms with Gasteiger partial charge in [-0.2, -0.15) is 0 Å². The van der Waals surface area contributed by atoms with Crippen LogP contribution in [0.3, 0.4) is 0 Å². The fourth-order valence-corrected chi connectivity index (χ4v) is 3.47. The molecule has 0 aliphatic rings. The highest BCUT2D eigenvalue weighted by Crippen LogP contribution is 2.33. The maximum absolute atomic E-state index is 6.18. The number of halogens is 2. The Kier molecular flexibility index (Phi) is 6.68. The third-order valence-electron chi connectivity index (χ3n) is 4.89. The van der Waals surface area contributed by atoms with E-state index in [4.69, 9.17) is 34.4 Å². The van der Waals surface area contributed by atoms with Crippen molar-refractivity contribution in [3.63, 3.8) is 0 Å². The molecule has 3 heteroatoms. The number of para-hydroxylation sites is 1. The first-order valence-electron chi connectivity index (χ1n) is 9.25. The normalized spacial score (nSPS) is 12.8. The van der Waals surface area contributed by atoms with Gasteiger partial charge in [-0.05, 0) is 73.7 Å². The Morgan fingerprint density at radius 2 is 1.64 bits per heavy atom. The lowest BCUT2D eigenvalue weighted by atomic mass is 9.78. The van der Waals surface area contributed by atoms with E-state index in [1.54, 1.807) is 6.07 Å². The van der Waals surface area contributed by atoms with Gasteiger partial charge >= 0.3 is 0 Å². The van der Waals surface area contributed by atoms with Crippen molar-refractivity contribution in [2.45, 2.75) is 31.6 Å². The summed E-state index contributed by atoms with van der Waals surface area (Å²) in [4.78, 5) is 0. The van der Waals surface area contributed by atoms with E-state index >= 15 is 0 Å². The Morgan fingerprint density at radius 3 is 2.36 bits per heavy atom. The zero-order valence-electron chi connectivity index (χ0n) is 15.8. The molecular formula is C25H22Cl2O. The van der Waals surface area contributed by atoms with E-state index in [0.717, 1.165) is 36.3 Å². The minimum absolute atomic E-state index is 0.383. The van der Waals surface area contributed by atoms with Gasteiger partial charge in [0.05, 0.1) is 15.5 Å². The van der Waals surface area contributed by atoms with E-state index in [-0.39, 0.29) is 5.41 Å². The Bertz CT molecular complexity index is 975. The minimum Gasteiger partial charge on any atom is -0.457 e. The third kappa shape index (κ3) is 5.10. The summed E-state index contributed by atoms with van der Waals surface area (Å²) in [6.07, 6.45) is 8.60. The zero-order valence-corrected chi connectivity index (χ0v) is 17.3. The van der Waals surface area contributed by atoms with Crippen LogP contribution < -0.4 is 4.74 Å². The van der Waals surface area contributed by atoms with Crippen molar-refractivity contribution in [1.82, 2.24) is 0 Å². The lowest BCUT2D eigenvalue weighted by Crippen LogP contribution is -2.19. The Hall–Kier alpha value is -2.40. The van der Waals surface area contributed by atoms with Crippen LogP contribution in [-0.2, 0) is 11.8 Å². The molecule has 142 valence electrons. The molecule has 0 bridgehead atoms. The minimum atomic E-state index is -0.383. The molecular weight excluding hydrogens is 387 g/mol. The van der Waals surface area contributed by atoms with Crippen LogP contribution in [0.25, 0.3) is 0 Å². The number of rotatable bonds is 7. The first-order valence-corrected chi connectivity index (χ1v) is 10.0. The van der Waals surface area contributed by atoms with Gasteiger partial charge in [-0.3, -0.25) is 0 Å². The number of ether oxygens (including phenoxy) is 1. The number of hydrogen-bond donors (Lipinski definition) is 0. The molecule has 0 heterocycles. The summed E-state index contributed by atoms with van der Waals surface area (Å²) in [5.74, 6) is 4.62. The second-order valence-electron chi connectivity index (χ2n) is 7.02. The van der Waals surface area contributed by atoms with Gasteiger partial charge in [0.2, 0.25) is 0 Å². The topological polar surface area (TPSA) is 9.23 Å². The van der Waals surface area contributed by atoms with Gasteiger partial charge in [0.1, 0.15) is 11.5 Å². The lowest BCUT2D eigenvalue weighted by Gasteiger charge is -2.24. The molecule has 1 nitrogen and oxygen atoms in total. The molecule has 28 heavy (non-hydrogen) atoms. The molecule has 1 unspecified atom stereocenters. The van der Waals surface area contributed by atoms with Crippen LogP contribution >= 0.6 is 23.2 Å². The Labute approximate surface area is 177 Å². The highest BCUT2D eigenvalue weighted by atomic mass is 35.5. The van der Waals surface area contributed by atoms with Gasteiger partial charge in [-0.15, -0.1) is 6.42 Å². The van der Waals surface area contributed by atoms with E-state index < -0.39 is 0 Å². The molecule has 3 aromatic carbocycles. The van der Waals surface area contributed by atoms with Crippen molar-refractivity contribution in [3.05, 3.63) is 94.0 Å². The lowest BCUT2D eigenvalue weighted by molar-refractivity contribution is 0.481. The largest absolute Gasteiger partial charge is 0.457 e. The predicted octanol–water partition coefficient (Wildman–Crippen LogP) is 7.70. The SMILES string of the molecule is C#CC(C)(CCCc1cccc(Oc2ccccc2)c1)c1ccc(Cl)c(Cl)c1. The second-order valence-corrected chi connectivity index (χ2v) is 7.84. The highest BCUT2D eigenvalue weighted by Gasteiger charge is 2.24. The smallest absolute Gasteiger partial charge is 0.127 e. The van der Waals surface area contributed by atoms with Crippen molar-refractivity contribution < 1.29 is 4.74 Å². The summed E-state index contributed by atoms with van der Waals surface area (Å²) >= 11 is 12.2. The Morgan fingerprint density at radius 1 is 0.893 bits per heavy atom. The molecule has 0 saturated carbocycles. The van der Waals surface area contributed by atoms with E-state index in [1.165, 1.54) is 5.56 Å². The van der Waals surface area contributed by atoms with Crippen LogP contribution in [0, 0.1) is 12.3 Å². The Balaban J connectivity index is 1.64. The molecule has 0 radical (unpaired) electrons. The number of benzene rings is 3. The fraction of sp³-hybridized carbons (Fsp3) is 0.200. The molecule has 0 amide bonds. The zero-order chi connectivity index (χ0) is 20.0. The molecule has 0 fully saturated rings. The molecule has 0 aromatic heterocycles. The van der Waals surface area contributed by atoms with Crippen molar-refractivity contribution >= 4 is 23.2 Å². The van der Waals surface area contributed by atoms with Crippen molar-refractivity contribution in [2.75, 3.05) is 0 Å². The maximum Gasteiger partial charge on any atom is 0.127 e. The van der Waals surface area contributed by atoms with Crippen LogP contribution in [-0.4, -0.2) is 0 Å². The summed E-state index contributed by atoms with van der Waals surface area (Å²) < 4.78 is 5.92. The second kappa shape index (κ2) is 9.20. The van der Waals surface area contributed by atoms with E-state index in [2.05, 4.69) is 25.0 Å². The van der Waals surface area contributed by atoms with Gasteiger partial charge in [0.25, 0.3) is 0 Å². The van der Waals surface area contributed by atoms with Crippen LogP contribution in [0.15, 0.2) is 72.8 Å². The molecule has 0 aliphatic heterocycles. The van der Waals surface area contributed by atoms with Crippen molar-refractivity contribution in [3.8, 4) is 23.8 Å². The van der Waals surface area contributed by atoms with Crippen LogP contribution in [0.5, 0.6) is 11.5 Å². The average Bonchev–Trinajstić information content (AvgIpc) is 2.71. The first kappa shape index (κ1) is 20.3. The summed E-state index contributed by atoms with van der Waals surface area (Å²) in [7, 11) is 0. The molecule has 0 N–H and O–H groups in total. The third-order valence-corrected chi connectivity index (χ3v) is 5.63. The predicted molar refractivity (Wildman–Crippen MR) is 119 cm³/mol. The van der Waals surface area contributed by atoms with Crippen LogP contribution in [0.1, 0.15) is 30.9 Å². The highest BCUT2D eigenvalue weighted by molar-refractivity contribution is 6.42. The summed E-state index contributed by atoms with van der Waals surface area (Å²) in [5, 5.41) is 1.08. The summed E-state index contributed by atoms with van der Waals surface area (Å²) in [5.41, 5.74) is 1.86. The quantitative estimate of drug-likeness (QED) is 0.363. The van der Waals surface area contributed by atoms with Gasteiger partial charge in [0, 0.05) is 0 Å². The molecule has 0 aliphatic carbocycles. The number of terminal acetylenes is 1. The fourth-order valence-electron chi connectivity index (χ4n) is 3.17. The standard InChI is InChI=1S/C25H22Cl2O/c1-3-25(2,20-14-15-23(26)24(27)18-20)16-8-10-19-9-7-13-22(17-19)28-21-11-5-4-6-12-21/h1,4-7,9,11-15,17-18H,8,10,16H2,2H3. The van der Waals surface area contributed by atoms with E-state index in [1.807, 2.05) is 54.6 Å². The maximum atomic E-state index is 6.18. The van der Waals surface area contributed by atoms with Gasteiger partial charge in [-0.1, -0.05) is 65.5 Å². The van der Waals surface area contributed by atoms with Gasteiger partial charge in [-0.25, -0.2) is 0 Å². The molecule has 3 aromatic rings. The van der Waals surface area contributed by atoms with E-state index in [0.29, 0.717) is 10.0 Å². The van der Waals surface area contributed by atoms with Crippen LogP contribution in [0.4, 0.5) is 0 Å². The van der Waals surface area contributed by atoms with Crippen molar-refractivity contribution in [1.29, 1.82) is 0 Å². The van der Waals surface area contributed by atoms with Gasteiger partial charge in [0.15, 0.2) is 0 Å². The monoisotopic (exact) mass is 408 g/mol. The van der Waals surface area contributed by atoms with Crippen molar-refractivity contribution in [2.24, 2.45) is 0 Å². The number of aryl methyl sites for hydroxylation is 1. The average molecular weight is 409 g/mol. The summed E-state index contributed by atoms with van der Waals surface area (Å²) in [6.45, 7) is 2.07. The summed E-state index contributed by atoms with van der Waals surface area (Å²) in [6, 6.07) is 23.6. The molecule has 1 atom stereocenters.